The molecule has 0 saturated carbocycles. The minimum absolute atomic E-state index is 0.407. The molecule has 3 aliphatic heterocycles. The summed E-state index contributed by atoms with van der Waals surface area (Å²) in [5.41, 5.74) is 0. The molecule has 0 aromatic heterocycles. The van der Waals surface area contributed by atoms with Crippen LogP contribution < -0.4 is 0 Å². The molecule has 2 nitrogen and oxygen atoms in total. The number of ketones is 1. The van der Waals surface area contributed by atoms with Gasteiger partial charge in [0.05, 0.1) is 6.54 Å². The van der Waals surface area contributed by atoms with Crippen molar-refractivity contribution in [2.75, 3.05) is 19.6 Å². The Hall–Kier alpha value is -0.370. The van der Waals surface area contributed by atoms with Crippen molar-refractivity contribution in [2.45, 2.75) is 13.3 Å². The van der Waals surface area contributed by atoms with Crippen molar-refractivity contribution in [2.24, 2.45) is 11.8 Å². The summed E-state index contributed by atoms with van der Waals surface area (Å²) >= 11 is 0. The van der Waals surface area contributed by atoms with Crippen LogP contribution in [0.1, 0.15) is 13.3 Å². The second-order valence-electron chi connectivity index (χ2n) is 3.57. The van der Waals surface area contributed by atoms with E-state index in [1.54, 1.807) is 0 Å². The number of nitrogens with zero attached hydrogens (tertiary/aromatic N) is 1. The summed E-state index contributed by atoms with van der Waals surface area (Å²) in [6.45, 7) is 5.22. The first kappa shape index (κ1) is 6.35. The molecular formula is C8H13NO. The fraction of sp³-hybridized carbons (Fsp3) is 0.875. The lowest BCUT2D eigenvalue weighted by molar-refractivity contribution is -0.133. The van der Waals surface area contributed by atoms with E-state index >= 15 is 0 Å². The largest absolute Gasteiger partial charge is 0.298 e. The highest BCUT2D eigenvalue weighted by Gasteiger charge is 2.37. The van der Waals surface area contributed by atoms with E-state index in [9.17, 15) is 4.79 Å². The monoisotopic (exact) mass is 139 g/mol. The van der Waals surface area contributed by atoms with Gasteiger partial charge in [-0.05, 0) is 18.9 Å². The predicted octanol–water partition coefficient (Wildman–Crippen LogP) is 0.527. The van der Waals surface area contributed by atoms with Crippen LogP contribution in [0, 0.1) is 11.8 Å². The van der Waals surface area contributed by atoms with E-state index in [0.29, 0.717) is 17.6 Å². The van der Waals surface area contributed by atoms with Crippen molar-refractivity contribution < 1.29 is 4.79 Å². The highest BCUT2D eigenvalue weighted by Crippen LogP contribution is 2.28. The Labute approximate surface area is 61.2 Å². The molecule has 2 bridgehead atoms. The van der Waals surface area contributed by atoms with Gasteiger partial charge in [0.2, 0.25) is 0 Å². The molecule has 3 rings (SSSR count). The molecule has 0 N–H and O–H groups in total. The smallest absolute Gasteiger partial charge is 0.150 e. The Kier molecular flexibility index (Phi) is 1.31. The molecule has 56 valence electrons. The number of rotatable bonds is 0. The van der Waals surface area contributed by atoms with Gasteiger partial charge >= 0.3 is 0 Å². The van der Waals surface area contributed by atoms with Crippen molar-refractivity contribution in [3.05, 3.63) is 0 Å². The Balaban J connectivity index is 2.18. The molecular weight excluding hydrogens is 126 g/mol. The van der Waals surface area contributed by atoms with Gasteiger partial charge in [-0.2, -0.15) is 0 Å². The molecule has 3 heterocycles. The van der Waals surface area contributed by atoms with E-state index in [4.69, 9.17) is 0 Å². The van der Waals surface area contributed by atoms with Crippen LogP contribution in [0.4, 0.5) is 0 Å². The first-order chi connectivity index (χ1) is 4.77. The molecule has 2 heteroatoms. The van der Waals surface area contributed by atoms with Crippen LogP contribution in [0.3, 0.4) is 0 Å². The number of Topliss-reactive ketones (excluding diaryl/α,β-unsaturated/α-hetero) is 1. The normalized spacial score (nSPS) is 46.1. The third-order valence-corrected chi connectivity index (χ3v) is 2.78. The van der Waals surface area contributed by atoms with Gasteiger partial charge in [-0.1, -0.05) is 6.92 Å². The summed E-state index contributed by atoms with van der Waals surface area (Å²) in [5.74, 6) is 1.50. The number of hydrogen-bond donors (Lipinski definition) is 0. The van der Waals surface area contributed by atoms with Crippen LogP contribution >= 0.6 is 0 Å². The minimum Gasteiger partial charge on any atom is -0.298 e. The Morgan fingerprint density at radius 2 is 2.40 bits per heavy atom. The zero-order valence-corrected chi connectivity index (χ0v) is 6.34. The van der Waals surface area contributed by atoms with Crippen molar-refractivity contribution in [1.82, 2.24) is 4.90 Å². The van der Waals surface area contributed by atoms with Crippen molar-refractivity contribution in [3.63, 3.8) is 0 Å². The molecule has 3 aliphatic rings. The lowest BCUT2D eigenvalue weighted by atomic mass is 9.79. The highest BCUT2D eigenvalue weighted by atomic mass is 16.1. The summed E-state index contributed by atoms with van der Waals surface area (Å²) in [7, 11) is 0. The van der Waals surface area contributed by atoms with E-state index < -0.39 is 0 Å². The van der Waals surface area contributed by atoms with Crippen LogP contribution in [0.2, 0.25) is 0 Å². The van der Waals surface area contributed by atoms with Gasteiger partial charge in [0.1, 0.15) is 5.78 Å². The second kappa shape index (κ2) is 2.06. The lowest BCUT2D eigenvalue weighted by Gasteiger charge is -2.42. The van der Waals surface area contributed by atoms with Crippen LogP contribution in [-0.4, -0.2) is 30.3 Å². The van der Waals surface area contributed by atoms with E-state index in [2.05, 4.69) is 11.8 Å². The van der Waals surface area contributed by atoms with Crippen LogP contribution in [-0.2, 0) is 4.79 Å². The quantitative estimate of drug-likeness (QED) is 0.488. The Morgan fingerprint density at radius 3 is 2.80 bits per heavy atom. The summed E-state index contributed by atoms with van der Waals surface area (Å²) < 4.78 is 0. The highest BCUT2D eigenvalue weighted by molar-refractivity contribution is 5.84. The maximum absolute atomic E-state index is 11.2. The average molecular weight is 139 g/mol. The summed E-state index contributed by atoms with van der Waals surface area (Å²) in [6, 6.07) is 0. The van der Waals surface area contributed by atoms with Crippen molar-refractivity contribution >= 4 is 5.78 Å². The van der Waals surface area contributed by atoms with Gasteiger partial charge in [0.25, 0.3) is 0 Å². The molecule has 0 aromatic rings. The summed E-state index contributed by atoms with van der Waals surface area (Å²) in [5, 5.41) is 0. The topological polar surface area (TPSA) is 20.3 Å². The number of hydrogen-bond acceptors (Lipinski definition) is 2. The first-order valence-corrected chi connectivity index (χ1v) is 4.02. The fourth-order valence-electron chi connectivity index (χ4n) is 2.19. The molecule has 3 fully saturated rings. The molecule has 0 amide bonds. The number of fused-ring (bicyclic) bond motifs is 3. The fourth-order valence-corrected chi connectivity index (χ4v) is 2.19. The third-order valence-electron chi connectivity index (χ3n) is 2.78. The van der Waals surface area contributed by atoms with Gasteiger partial charge < -0.3 is 0 Å². The minimum atomic E-state index is 0.407. The number of carbonyl (C=O) groups is 1. The van der Waals surface area contributed by atoms with E-state index in [1.165, 1.54) is 0 Å². The predicted molar refractivity (Wildman–Crippen MR) is 38.7 cm³/mol. The van der Waals surface area contributed by atoms with Crippen molar-refractivity contribution in [3.8, 4) is 0 Å². The van der Waals surface area contributed by atoms with E-state index in [-0.39, 0.29) is 0 Å². The van der Waals surface area contributed by atoms with E-state index in [0.717, 1.165) is 26.1 Å². The molecule has 0 spiro atoms. The maximum Gasteiger partial charge on any atom is 0.150 e. The molecule has 2 unspecified atom stereocenters. The number of piperidine rings is 3. The maximum atomic E-state index is 11.2. The van der Waals surface area contributed by atoms with Gasteiger partial charge in [-0.25, -0.2) is 0 Å². The summed E-state index contributed by atoms with van der Waals surface area (Å²) in [4.78, 5) is 13.5. The average Bonchev–Trinajstić information content (AvgIpc) is 1.86. The molecule has 3 atom stereocenters. The molecule has 3 saturated heterocycles. The first-order valence-electron chi connectivity index (χ1n) is 4.02. The standard InChI is InChI=1S/C8H13NO/c1-6-4-9-3-2-7(6)8(10)5-9/h6-7H,2-5H2,1H3/t6?,7-/m0/s1. The SMILES string of the molecule is CC1CN2CC[C@@H]1C(=O)C2. The second-order valence-corrected chi connectivity index (χ2v) is 3.57. The van der Waals surface area contributed by atoms with E-state index in [1.807, 2.05) is 0 Å². The van der Waals surface area contributed by atoms with Gasteiger partial charge in [0, 0.05) is 12.5 Å². The van der Waals surface area contributed by atoms with Crippen LogP contribution in [0.25, 0.3) is 0 Å². The van der Waals surface area contributed by atoms with Gasteiger partial charge in [0.15, 0.2) is 0 Å². The van der Waals surface area contributed by atoms with Gasteiger partial charge in [-0.3, -0.25) is 9.69 Å². The Bertz CT molecular complexity index is 167. The molecule has 10 heavy (non-hydrogen) atoms. The van der Waals surface area contributed by atoms with Crippen molar-refractivity contribution in [1.29, 1.82) is 0 Å². The number of carbonyl (C=O) groups excluding carboxylic acids is 1. The summed E-state index contributed by atoms with van der Waals surface area (Å²) in [6.07, 6.45) is 1.11. The lowest BCUT2D eigenvalue weighted by Crippen LogP contribution is -2.52. The third kappa shape index (κ3) is 0.788. The molecule has 0 radical (unpaired) electrons. The van der Waals surface area contributed by atoms with Crippen LogP contribution in [0.15, 0.2) is 0 Å². The zero-order chi connectivity index (χ0) is 7.14. The molecule has 0 aliphatic carbocycles. The zero-order valence-electron chi connectivity index (χ0n) is 6.34. The van der Waals surface area contributed by atoms with Gasteiger partial charge in [-0.15, -0.1) is 0 Å². The molecule has 0 aromatic carbocycles. The Morgan fingerprint density at radius 1 is 1.60 bits per heavy atom. The van der Waals surface area contributed by atoms with Crippen LogP contribution in [0.5, 0.6) is 0 Å².